The number of aliphatic carboxylic acids is 1. The van der Waals surface area contributed by atoms with E-state index in [0.29, 0.717) is 0 Å². The fourth-order valence-corrected chi connectivity index (χ4v) is 2.35. The Morgan fingerprint density at radius 1 is 1.00 bits per heavy atom. The van der Waals surface area contributed by atoms with Gasteiger partial charge in [0.2, 0.25) is 0 Å². The maximum atomic E-state index is 10.2. The SMILES string of the molecule is CCCCC[C@H](CCCCCCCC=CC=CC(=O)O)OO. The van der Waals surface area contributed by atoms with Crippen LogP contribution in [0.1, 0.15) is 77.6 Å². The number of carboxylic acids is 1. The van der Waals surface area contributed by atoms with Crippen molar-refractivity contribution in [3.05, 3.63) is 24.3 Å². The number of carboxylic acid groups (broad SMARTS) is 1. The Labute approximate surface area is 134 Å². The Kier molecular flexibility index (Phi) is 15.4. The van der Waals surface area contributed by atoms with Crippen molar-refractivity contribution in [2.45, 2.75) is 83.7 Å². The Bertz CT molecular complexity index is 310. The molecule has 0 saturated heterocycles. The van der Waals surface area contributed by atoms with Gasteiger partial charge in [0.1, 0.15) is 0 Å². The molecule has 2 N–H and O–H groups in total. The van der Waals surface area contributed by atoms with E-state index < -0.39 is 5.97 Å². The molecular formula is C18H32O4. The summed E-state index contributed by atoms with van der Waals surface area (Å²) >= 11 is 0. The van der Waals surface area contributed by atoms with Crippen LogP contribution in [-0.2, 0) is 9.68 Å². The van der Waals surface area contributed by atoms with Crippen LogP contribution < -0.4 is 0 Å². The van der Waals surface area contributed by atoms with Crippen molar-refractivity contribution in [1.29, 1.82) is 0 Å². The van der Waals surface area contributed by atoms with Gasteiger partial charge in [-0.15, -0.1) is 0 Å². The van der Waals surface area contributed by atoms with E-state index in [1.807, 2.05) is 6.08 Å². The third-order valence-corrected chi connectivity index (χ3v) is 3.66. The second-order valence-electron chi connectivity index (χ2n) is 5.69. The summed E-state index contributed by atoms with van der Waals surface area (Å²) in [4.78, 5) is 14.8. The van der Waals surface area contributed by atoms with Crippen molar-refractivity contribution in [2.24, 2.45) is 0 Å². The normalized spacial score (nSPS) is 13.2. The number of rotatable bonds is 15. The van der Waals surface area contributed by atoms with Crippen molar-refractivity contribution in [3.63, 3.8) is 0 Å². The van der Waals surface area contributed by atoms with Gasteiger partial charge in [-0.1, -0.05) is 70.1 Å². The lowest BCUT2D eigenvalue weighted by molar-refractivity contribution is -0.281. The van der Waals surface area contributed by atoms with Crippen LogP contribution >= 0.6 is 0 Å². The average molecular weight is 312 g/mol. The van der Waals surface area contributed by atoms with Gasteiger partial charge in [-0.2, -0.15) is 0 Å². The highest BCUT2D eigenvalue weighted by atomic mass is 17.1. The summed E-state index contributed by atoms with van der Waals surface area (Å²) in [6, 6.07) is 0. The van der Waals surface area contributed by atoms with Crippen LogP contribution in [0.25, 0.3) is 0 Å². The van der Waals surface area contributed by atoms with E-state index in [9.17, 15) is 4.79 Å². The van der Waals surface area contributed by atoms with Gasteiger partial charge < -0.3 is 5.11 Å². The monoisotopic (exact) mass is 312 g/mol. The summed E-state index contributed by atoms with van der Waals surface area (Å²) in [6.07, 6.45) is 18.7. The van der Waals surface area contributed by atoms with Crippen LogP contribution in [0.4, 0.5) is 0 Å². The molecule has 0 spiro atoms. The molecule has 128 valence electrons. The predicted molar refractivity (Wildman–Crippen MR) is 89.9 cm³/mol. The molecule has 0 bridgehead atoms. The molecule has 0 aliphatic carbocycles. The largest absolute Gasteiger partial charge is 0.478 e. The molecule has 4 nitrogen and oxygen atoms in total. The standard InChI is InChI=1S/C18H32O4/c1-2-3-11-14-17(22-21)15-12-9-7-5-4-6-8-10-13-16-18(19)20/h8,10,13,16-17,21H,2-7,9,11-12,14-15H2,1H3,(H,19,20)/t17-/m1/s1. The average Bonchev–Trinajstić information content (AvgIpc) is 2.50. The number of carbonyl (C=O) groups is 1. The lowest BCUT2D eigenvalue weighted by atomic mass is 10.0. The van der Waals surface area contributed by atoms with Crippen LogP contribution in [0, 0.1) is 0 Å². The summed E-state index contributed by atoms with van der Waals surface area (Å²) in [5.74, 6) is -0.912. The van der Waals surface area contributed by atoms with Crippen molar-refractivity contribution in [3.8, 4) is 0 Å². The van der Waals surface area contributed by atoms with Gasteiger partial charge in [-0.3, -0.25) is 5.26 Å². The second kappa shape index (κ2) is 16.2. The zero-order valence-electron chi connectivity index (χ0n) is 13.9. The number of hydrogen-bond donors (Lipinski definition) is 2. The fraction of sp³-hybridized carbons (Fsp3) is 0.722. The number of unbranched alkanes of at least 4 members (excludes halogenated alkanes) is 7. The molecule has 0 radical (unpaired) electrons. The molecule has 0 rings (SSSR count). The van der Waals surface area contributed by atoms with E-state index in [1.54, 1.807) is 12.2 Å². The minimum atomic E-state index is -0.912. The number of allylic oxidation sites excluding steroid dienone is 3. The van der Waals surface area contributed by atoms with Gasteiger partial charge >= 0.3 is 5.97 Å². The minimum Gasteiger partial charge on any atom is -0.478 e. The van der Waals surface area contributed by atoms with Crippen LogP contribution in [0.5, 0.6) is 0 Å². The van der Waals surface area contributed by atoms with Crippen molar-refractivity contribution in [1.82, 2.24) is 0 Å². The molecule has 0 aliphatic rings. The Morgan fingerprint density at radius 3 is 2.27 bits per heavy atom. The first-order valence-electron chi connectivity index (χ1n) is 8.57. The molecular weight excluding hydrogens is 280 g/mol. The maximum absolute atomic E-state index is 10.2. The Morgan fingerprint density at radius 2 is 1.64 bits per heavy atom. The van der Waals surface area contributed by atoms with Gasteiger partial charge in [0.15, 0.2) is 0 Å². The van der Waals surface area contributed by atoms with E-state index in [4.69, 9.17) is 10.4 Å². The van der Waals surface area contributed by atoms with Crippen LogP contribution in [0.2, 0.25) is 0 Å². The maximum Gasteiger partial charge on any atom is 0.328 e. The highest BCUT2D eigenvalue weighted by Crippen LogP contribution is 2.14. The van der Waals surface area contributed by atoms with Crippen LogP contribution in [0.3, 0.4) is 0 Å². The van der Waals surface area contributed by atoms with Crippen molar-refractivity contribution >= 4 is 5.97 Å². The van der Waals surface area contributed by atoms with Gasteiger partial charge in [0.25, 0.3) is 0 Å². The molecule has 0 aromatic heterocycles. The number of hydrogen-bond acceptors (Lipinski definition) is 3. The van der Waals surface area contributed by atoms with Crippen LogP contribution in [0.15, 0.2) is 24.3 Å². The molecule has 4 heteroatoms. The minimum absolute atomic E-state index is 0.00973. The highest BCUT2D eigenvalue weighted by Gasteiger charge is 2.07. The third-order valence-electron chi connectivity index (χ3n) is 3.66. The Hall–Kier alpha value is -1.13. The fourth-order valence-electron chi connectivity index (χ4n) is 2.35. The molecule has 0 amide bonds. The van der Waals surface area contributed by atoms with E-state index in [-0.39, 0.29) is 6.10 Å². The molecule has 0 unspecified atom stereocenters. The lowest BCUT2D eigenvalue weighted by Crippen LogP contribution is -2.10. The quantitative estimate of drug-likeness (QED) is 0.141. The zero-order valence-corrected chi connectivity index (χ0v) is 13.9. The predicted octanol–water partition coefficient (Wildman–Crippen LogP) is 5.35. The molecule has 0 aromatic carbocycles. The zero-order chi connectivity index (χ0) is 16.5. The first-order valence-corrected chi connectivity index (χ1v) is 8.57. The molecule has 0 fully saturated rings. The first-order chi connectivity index (χ1) is 10.7. The Balaban J connectivity index is 3.39. The highest BCUT2D eigenvalue weighted by molar-refractivity contribution is 5.80. The van der Waals surface area contributed by atoms with Gasteiger partial charge in [-0.05, 0) is 25.7 Å². The molecule has 0 aliphatic heterocycles. The molecule has 0 saturated carbocycles. The van der Waals surface area contributed by atoms with Gasteiger partial charge in [-0.25, -0.2) is 9.68 Å². The van der Waals surface area contributed by atoms with Gasteiger partial charge in [0, 0.05) is 6.08 Å². The van der Waals surface area contributed by atoms with Crippen LogP contribution in [-0.4, -0.2) is 22.4 Å². The summed E-state index contributed by atoms with van der Waals surface area (Å²) in [5, 5.41) is 17.3. The molecule has 1 atom stereocenters. The van der Waals surface area contributed by atoms with E-state index in [0.717, 1.165) is 44.6 Å². The third kappa shape index (κ3) is 15.3. The molecule has 22 heavy (non-hydrogen) atoms. The second-order valence-corrected chi connectivity index (χ2v) is 5.69. The van der Waals surface area contributed by atoms with E-state index in [1.165, 1.54) is 32.1 Å². The van der Waals surface area contributed by atoms with E-state index in [2.05, 4.69) is 11.8 Å². The summed E-state index contributed by atoms with van der Waals surface area (Å²) < 4.78 is 0. The molecule has 0 heterocycles. The van der Waals surface area contributed by atoms with Crippen molar-refractivity contribution in [2.75, 3.05) is 0 Å². The topological polar surface area (TPSA) is 66.8 Å². The first kappa shape index (κ1) is 20.9. The summed E-state index contributed by atoms with van der Waals surface area (Å²) in [6.45, 7) is 2.17. The summed E-state index contributed by atoms with van der Waals surface area (Å²) in [7, 11) is 0. The smallest absolute Gasteiger partial charge is 0.328 e. The van der Waals surface area contributed by atoms with Crippen molar-refractivity contribution < 1.29 is 20.0 Å². The molecule has 0 aromatic rings. The lowest BCUT2D eigenvalue weighted by Gasteiger charge is -2.12. The summed E-state index contributed by atoms with van der Waals surface area (Å²) in [5.41, 5.74) is 0. The van der Waals surface area contributed by atoms with E-state index >= 15 is 0 Å². The van der Waals surface area contributed by atoms with Gasteiger partial charge in [0.05, 0.1) is 6.10 Å².